The van der Waals surface area contributed by atoms with E-state index in [1.54, 1.807) is 29.3 Å². The van der Waals surface area contributed by atoms with Crippen molar-refractivity contribution in [1.82, 2.24) is 0 Å². The molecule has 0 amide bonds. The predicted molar refractivity (Wildman–Crippen MR) is 84.6 cm³/mol. The van der Waals surface area contributed by atoms with Crippen molar-refractivity contribution in [2.45, 2.75) is 13.0 Å². The molecular formula is C16H13FN2S. The molecule has 0 aliphatic carbocycles. The summed E-state index contributed by atoms with van der Waals surface area (Å²) < 4.78 is 14.2. The average Bonchev–Trinajstić information content (AvgIpc) is 2.59. The van der Waals surface area contributed by atoms with Gasteiger partial charge in [-0.1, -0.05) is 42.5 Å². The number of anilines is 2. The van der Waals surface area contributed by atoms with E-state index >= 15 is 0 Å². The lowest BCUT2D eigenvalue weighted by Gasteiger charge is -2.27. The van der Waals surface area contributed by atoms with Crippen molar-refractivity contribution < 1.29 is 4.39 Å². The van der Waals surface area contributed by atoms with Crippen LogP contribution in [0, 0.1) is 5.82 Å². The summed E-state index contributed by atoms with van der Waals surface area (Å²) in [5.74, 6) is -0.293. The van der Waals surface area contributed by atoms with Gasteiger partial charge in [-0.05, 0) is 25.1 Å². The molecule has 1 aliphatic rings. The summed E-state index contributed by atoms with van der Waals surface area (Å²) in [6.07, 6.45) is 1.80. The molecular weight excluding hydrogens is 271 g/mol. The van der Waals surface area contributed by atoms with Crippen LogP contribution in [0.4, 0.5) is 15.8 Å². The predicted octanol–water partition coefficient (Wildman–Crippen LogP) is 4.11. The Morgan fingerprint density at radius 2 is 1.70 bits per heavy atom. The lowest BCUT2D eigenvalue weighted by atomic mass is 10.1. The number of benzene rings is 2. The van der Waals surface area contributed by atoms with Gasteiger partial charge in [0.1, 0.15) is 10.8 Å². The number of fused-ring (bicyclic) bond motifs is 1. The quantitative estimate of drug-likeness (QED) is 0.732. The Morgan fingerprint density at radius 1 is 1.05 bits per heavy atom. The van der Waals surface area contributed by atoms with Crippen molar-refractivity contribution in [2.24, 2.45) is 4.99 Å². The van der Waals surface area contributed by atoms with Gasteiger partial charge in [-0.15, -0.1) is 0 Å². The Morgan fingerprint density at radius 3 is 2.45 bits per heavy atom. The minimum Gasteiger partial charge on any atom is -0.299 e. The van der Waals surface area contributed by atoms with Gasteiger partial charge < -0.3 is 0 Å². The summed E-state index contributed by atoms with van der Waals surface area (Å²) in [5.41, 5.74) is 2.25. The molecule has 0 aromatic heterocycles. The van der Waals surface area contributed by atoms with Crippen molar-refractivity contribution in [3.8, 4) is 0 Å². The topological polar surface area (TPSA) is 15.6 Å². The molecule has 1 aliphatic heterocycles. The molecule has 0 fully saturated rings. The molecule has 1 unspecified atom stereocenters. The van der Waals surface area contributed by atoms with E-state index in [0.717, 1.165) is 11.3 Å². The second kappa shape index (κ2) is 5.13. The van der Waals surface area contributed by atoms with E-state index in [1.165, 1.54) is 6.07 Å². The first-order valence-corrected chi connectivity index (χ1v) is 6.80. The lowest BCUT2D eigenvalue weighted by molar-refractivity contribution is 0.629. The third-order valence-electron chi connectivity index (χ3n) is 3.29. The van der Waals surface area contributed by atoms with Crippen LogP contribution in [0.2, 0.25) is 0 Å². The standard InChI is InChI=1S/C16H13FN2S/c1-11-16(20)19(15-9-5-3-7-13(15)17)14-8-4-2-6-12(14)10-18-11/h2-11H,1H3. The normalized spacial score (nSPS) is 17.8. The smallest absolute Gasteiger partial charge is 0.147 e. The third-order valence-corrected chi connectivity index (χ3v) is 3.81. The average molecular weight is 284 g/mol. The van der Waals surface area contributed by atoms with Crippen LogP contribution in [0.5, 0.6) is 0 Å². The molecule has 20 heavy (non-hydrogen) atoms. The summed E-state index contributed by atoms with van der Waals surface area (Å²) in [7, 11) is 0. The Labute approximate surface area is 122 Å². The van der Waals surface area contributed by atoms with Gasteiger partial charge in [0.2, 0.25) is 0 Å². The highest BCUT2D eigenvalue weighted by atomic mass is 32.1. The Bertz CT molecular complexity index is 696. The van der Waals surface area contributed by atoms with E-state index in [-0.39, 0.29) is 11.9 Å². The molecule has 1 atom stereocenters. The molecule has 0 N–H and O–H groups in total. The fraction of sp³-hybridized carbons (Fsp3) is 0.125. The molecule has 2 nitrogen and oxygen atoms in total. The van der Waals surface area contributed by atoms with Crippen LogP contribution in [-0.4, -0.2) is 17.2 Å². The number of hydrogen-bond donors (Lipinski definition) is 0. The molecule has 1 heterocycles. The molecule has 0 saturated heterocycles. The Kier molecular flexibility index (Phi) is 3.32. The van der Waals surface area contributed by atoms with E-state index in [2.05, 4.69) is 4.99 Å². The molecule has 4 heteroatoms. The largest absolute Gasteiger partial charge is 0.299 e. The van der Waals surface area contributed by atoms with Gasteiger partial charge in [-0.25, -0.2) is 4.39 Å². The summed E-state index contributed by atoms with van der Waals surface area (Å²) in [6, 6.07) is 14.2. The molecule has 3 rings (SSSR count). The van der Waals surface area contributed by atoms with Crippen LogP contribution >= 0.6 is 12.2 Å². The second-order valence-electron chi connectivity index (χ2n) is 4.64. The van der Waals surface area contributed by atoms with Crippen LogP contribution in [-0.2, 0) is 0 Å². The molecule has 2 aromatic carbocycles. The fourth-order valence-corrected chi connectivity index (χ4v) is 2.50. The maximum Gasteiger partial charge on any atom is 0.147 e. The van der Waals surface area contributed by atoms with E-state index in [4.69, 9.17) is 12.2 Å². The molecule has 0 bridgehead atoms. The number of hydrogen-bond acceptors (Lipinski definition) is 2. The zero-order chi connectivity index (χ0) is 14.1. The van der Waals surface area contributed by atoms with E-state index < -0.39 is 0 Å². The Hall–Kier alpha value is -2.07. The SMILES string of the molecule is CC1N=Cc2ccccc2N(c2ccccc2F)C1=S. The summed E-state index contributed by atoms with van der Waals surface area (Å²) in [5, 5.41) is 0. The summed E-state index contributed by atoms with van der Waals surface area (Å²) in [4.78, 5) is 6.79. The van der Waals surface area contributed by atoms with Crippen molar-refractivity contribution in [3.63, 3.8) is 0 Å². The molecule has 0 spiro atoms. The third kappa shape index (κ3) is 2.12. The van der Waals surface area contributed by atoms with E-state index in [0.29, 0.717) is 10.7 Å². The number of halogens is 1. The maximum atomic E-state index is 14.2. The maximum absolute atomic E-state index is 14.2. The highest BCUT2D eigenvalue weighted by molar-refractivity contribution is 7.80. The highest BCUT2D eigenvalue weighted by Crippen LogP contribution is 2.33. The monoisotopic (exact) mass is 284 g/mol. The Balaban J connectivity index is 2.23. The van der Waals surface area contributed by atoms with Crippen molar-refractivity contribution >= 4 is 34.8 Å². The zero-order valence-corrected chi connectivity index (χ0v) is 11.8. The van der Waals surface area contributed by atoms with Crippen molar-refractivity contribution in [3.05, 3.63) is 59.9 Å². The molecule has 0 radical (unpaired) electrons. The number of aliphatic imine (C=N–C) groups is 1. The minimum absolute atomic E-state index is 0.169. The first kappa shape index (κ1) is 12.9. The molecule has 2 aromatic rings. The van der Waals surface area contributed by atoms with Crippen LogP contribution < -0.4 is 4.90 Å². The van der Waals surface area contributed by atoms with Crippen LogP contribution in [0.25, 0.3) is 0 Å². The fourth-order valence-electron chi connectivity index (χ4n) is 2.24. The number of para-hydroxylation sites is 2. The van der Waals surface area contributed by atoms with Gasteiger partial charge in [0, 0.05) is 11.8 Å². The molecule has 0 saturated carbocycles. The van der Waals surface area contributed by atoms with Crippen LogP contribution in [0.1, 0.15) is 12.5 Å². The van der Waals surface area contributed by atoms with Crippen molar-refractivity contribution in [2.75, 3.05) is 4.90 Å². The number of nitrogens with zero attached hydrogens (tertiary/aromatic N) is 2. The first-order valence-electron chi connectivity index (χ1n) is 6.39. The summed E-state index contributed by atoms with van der Waals surface area (Å²) in [6.45, 7) is 1.92. The molecule has 100 valence electrons. The van der Waals surface area contributed by atoms with Gasteiger partial charge in [0.05, 0.1) is 17.4 Å². The van der Waals surface area contributed by atoms with Gasteiger partial charge in [0.15, 0.2) is 0 Å². The number of thiocarbonyl (C=S) groups is 1. The summed E-state index contributed by atoms with van der Waals surface area (Å²) >= 11 is 5.50. The number of rotatable bonds is 1. The van der Waals surface area contributed by atoms with Crippen LogP contribution in [0.15, 0.2) is 53.5 Å². The minimum atomic E-state index is -0.293. The second-order valence-corrected chi connectivity index (χ2v) is 5.06. The first-order chi connectivity index (χ1) is 9.68. The zero-order valence-electron chi connectivity index (χ0n) is 11.0. The van der Waals surface area contributed by atoms with E-state index in [9.17, 15) is 4.39 Å². The van der Waals surface area contributed by atoms with Gasteiger partial charge in [0.25, 0.3) is 0 Å². The van der Waals surface area contributed by atoms with Gasteiger partial charge in [-0.2, -0.15) is 0 Å². The van der Waals surface area contributed by atoms with E-state index in [1.807, 2.05) is 31.2 Å². The van der Waals surface area contributed by atoms with Gasteiger partial charge >= 0.3 is 0 Å². The number of benzodiazepines with no additional fused rings is 1. The van der Waals surface area contributed by atoms with Gasteiger partial charge in [-0.3, -0.25) is 9.89 Å². The van der Waals surface area contributed by atoms with Crippen LogP contribution in [0.3, 0.4) is 0 Å². The lowest BCUT2D eigenvalue weighted by Crippen LogP contribution is -2.31. The highest BCUT2D eigenvalue weighted by Gasteiger charge is 2.25. The van der Waals surface area contributed by atoms with Crippen molar-refractivity contribution in [1.29, 1.82) is 0 Å².